The van der Waals surface area contributed by atoms with Crippen LogP contribution in [0.4, 0.5) is 0 Å². The van der Waals surface area contributed by atoms with Crippen LogP contribution in [0.25, 0.3) is 11.0 Å². The lowest BCUT2D eigenvalue weighted by Crippen LogP contribution is -2.38. The number of hydrogen-bond acceptors (Lipinski definition) is 3. The van der Waals surface area contributed by atoms with E-state index in [9.17, 15) is 4.79 Å². The van der Waals surface area contributed by atoms with E-state index in [-0.39, 0.29) is 5.91 Å². The third kappa shape index (κ3) is 3.09. The predicted octanol–water partition coefficient (Wildman–Crippen LogP) is 3.02. The van der Waals surface area contributed by atoms with Crippen LogP contribution >= 0.6 is 0 Å². The second-order valence-electron chi connectivity index (χ2n) is 6.34. The zero-order chi connectivity index (χ0) is 17.2. The molecule has 2 heterocycles. The first-order chi connectivity index (χ1) is 12.2. The monoisotopic (exact) mass is 335 g/mol. The average Bonchev–Trinajstić information content (AvgIpc) is 3.04. The molecule has 0 fully saturated rings. The lowest BCUT2D eigenvalue weighted by Gasteiger charge is -2.28. The molecule has 1 amide bonds. The Bertz CT molecular complexity index is 916. The maximum absolute atomic E-state index is 12.6. The van der Waals surface area contributed by atoms with Crippen LogP contribution in [0.15, 0.2) is 48.5 Å². The van der Waals surface area contributed by atoms with E-state index in [2.05, 4.69) is 15.6 Å². The molecule has 3 aromatic rings. The van der Waals surface area contributed by atoms with Crippen molar-refractivity contribution in [3.63, 3.8) is 0 Å². The molecule has 25 heavy (non-hydrogen) atoms. The first-order valence-electron chi connectivity index (χ1n) is 8.59. The van der Waals surface area contributed by atoms with Gasteiger partial charge in [-0.15, -0.1) is 0 Å². The summed E-state index contributed by atoms with van der Waals surface area (Å²) >= 11 is 0. The number of imidazole rings is 1. The van der Waals surface area contributed by atoms with Gasteiger partial charge in [-0.1, -0.05) is 24.3 Å². The molecule has 0 spiro atoms. The molecule has 2 aromatic carbocycles. The Kier molecular flexibility index (Phi) is 4.14. The Hall–Kier alpha value is -2.82. The van der Waals surface area contributed by atoms with E-state index < -0.39 is 0 Å². The Labute approximate surface area is 146 Å². The Morgan fingerprint density at radius 2 is 2.04 bits per heavy atom. The highest BCUT2D eigenvalue weighted by Gasteiger charge is 2.23. The number of ether oxygens (including phenoxy) is 1. The van der Waals surface area contributed by atoms with Crippen molar-refractivity contribution in [3.05, 3.63) is 59.9 Å². The molecule has 0 aliphatic carbocycles. The van der Waals surface area contributed by atoms with E-state index in [0.717, 1.165) is 47.7 Å². The molecule has 0 radical (unpaired) electrons. The number of methoxy groups -OCH3 is 1. The lowest BCUT2D eigenvalue weighted by molar-refractivity contribution is -0.132. The largest absolute Gasteiger partial charge is 0.497 e. The van der Waals surface area contributed by atoms with Crippen LogP contribution in [0.5, 0.6) is 5.75 Å². The van der Waals surface area contributed by atoms with E-state index in [0.29, 0.717) is 13.0 Å². The van der Waals surface area contributed by atoms with Gasteiger partial charge in [0, 0.05) is 19.5 Å². The van der Waals surface area contributed by atoms with Crippen LogP contribution in [0.2, 0.25) is 0 Å². The SMILES string of the molecule is COc1cccc(CCC(=O)N2CCn3c(nc4ccccc43)C2)c1. The molecule has 0 atom stereocenters. The highest BCUT2D eigenvalue weighted by atomic mass is 16.5. The smallest absolute Gasteiger partial charge is 0.223 e. The van der Waals surface area contributed by atoms with Crippen molar-refractivity contribution < 1.29 is 9.53 Å². The Morgan fingerprint density at radius 1 is 1.16 bits per heavy atom. The summed E-state index contributed by atoms with van der Waals surface area (Å²) in [6.07, 6.45) is 1.23. The third-order valence-electron chi connectivity index (χ3n) is 4.77. The normalized spacial score (nSPS) is 13.7. The number of aryl methyl sites for hydroxylation is 1. The van der Waals surface area contributed by atoms with Gasteiger partial charge in [-0.25, -0.2) is 4.98 Å². The summed E-state index contributed by atoms with van der Waals surface area (Å²) in [7, 11) is 1.66. The van der Waals surface area contributed by atoms with Crippen LogP contribution in [-0.4, -0.2) is 34.0 Å². The van der Waals surface area contributed by atoms with E-state index in [1.807, 2.05) is 47.4 Å². The molecule has 0 bridgehead atoms. The van der Waals surface area contributed by atoms with Crippen LogP contribution in [-0.2, 0) is 24.3 Å². The quantitative estimate of drug-likeness (QED) is 0.736. The molecule has 4 rings (SSSR count). The topological polar surface area (TPSA) is 47.4 Å². The molecule has 1 aliphatic heterocycles. The summed E-state index contributed by atoms with van der Waals surface area (Å²) in [5.41, 5.74) is 3.28. The molecule has 1 aliphatic rings. The number of aromatic nitrogens is 2. The van der Waals surface area contributed by atoms with Gasteiger partial charge in [0.1, 0.15) is 11.6 Å². The van der Waals surface area contributed by atoms with Gasteiger partial charge < -0.3 is 14.2 Å². The summed E-state index contributed by atoms with van der Waals surface area (Å²) in [5.74, 6) is 1.99. The number of para-hydroxylation sites is 2. The van der Waals surface area contributed by atoms with Crippen molar-refractivity contribution in [1.82, 2.24) is 14.5 Å². The summed E-state index contributed by atoms with van der Waals surface area (Å²) in [5, 5.41) is 0. The first kappa shape index (κ1) is 15.7. The van der Waals surface area contributed by atoms with E-state index >= 15 is 0 Å². The Morgan fingerprint density at radius 3 is 2.92 bits per heavy atom. The molecular formula is C20H21N3O2. The second kappa shape index (κ2) is 6.59. The van der Waals surface area contributed by atoms with Gasteiger partial charge in [-0.3, -0.25) is 4.79 Å². The number of carbonyl (C=O) groups is 1. The minimum absolute atomic E-state index is 0.182. The molecule has 5 heteroatoms. The highest BCUT2D eigenvalue weighted by molar-refractivity contribution is 5.78. The molecular weight excluding hydrogens is 314 g/mol. The average molecular weight is 335 g/mol. The van der Waals surface area contributed by atoms with Gasteiger partial charge >= 0.3 is 0 Å². The Balaban J connectivity index is 1.43. The molecule has 0 N–H and O–H groups in total. The standard InChI is InChI=1S/C20H21N3O2/c1-25-16-6-4-5-15(13-16)9-10-20(24)22-11-12-23-18-8-3-2-7-17(18)21-19(23)14-22/h2-8,13H,9-12,14H2,1H3. The number of benzene rings is 2. The predicted molar refractivity (Wildman–Crippen MR) is 96.5 cm³/mol. The number of nitrogens with zero attached hydrogens (tertiary/aromatic N) is 3. The van der Waals surface area contributed by atoms with Crippen molar-refractivity contribution in [2.45, 2.75) is 25.9 Å². The fourth-order valence-corrected chi connectivity index (χ4v) is 3.42. The summed E-state index contributed by atoms with van der Waals surface area (Å²) in [4.78, 5) is 19.2. The molecule has 128 valence electrons. The fraction of sp³-hybridized carbons (Fsp3) is 0.300. The lowest BCUT2D eigenvalue weighted by atomic mass is 10.1. The minimum Gasteiger partial charge on any atom is -0.497 e. The number of rotatable bonds is 4. The first-order valence-corrected chi connectivity index (χ1v) is 8.59. The van der Waals surface area contributed by atoms with E-state index in [1.165, 1.54) is 0 Å². The molecule has 5 nitrogen and oxygen atoms in total. The maximum atomic E-state index is 12.6. The van der Waals surface area contributed by atoms with Crippen molar-refractivity contribution in [2.75, 3.05) is 13.7 Å². The fourth-order valence-electron chi connectivity index (χ4n) is 3.42. The number of hydrogen-bond donors (Lipinski definition) is 0. The van der Waals surface area contributed by atoms with Gasteiger partial charge in [0.2, 0.25) is 5.91 Å². The van der Waals surface area contributed by atoms with Gasteiger partial charge in [0.15, 0.2) is 0 Å². The second-order valence-corrected chi connectivity index (χ2v) is 6.34. The van der Waals surface area contributed by atoms with E-state index in [1.54, 1.807) is 7.11 Å². The van der Waals surface area contributed by atoms with Crippen LogP contribution in [0, 0.1) is 0 Å². The van der Waals surface area contributed by atoms with Gasteiger partial charge in [-0.2, -0.15) is 0 Å². The van der Waals surface area contributed by atoms with Gasteiger partial charge in [-0.05, 0) is 36.2 Å². The van der Waals surface area contributed by atoms with Gasteiger partial charge in [0.25, 0.3) is 0 Å². The summed E-state index contributed by atoms with van der Waals surface area (Å²) in [6.45, 7) is 2.14. The summed E-state index contributed by atoms with van der Waals surface area (Å²) in [6, 6.07) is 16.0. The van der Waals surface area contributed by atoms with E-state index in [4.69, 9.17) is 4.74 Å². The zero-order valence-corrected chi connectivity index (χ0v) is 14.3. The van der Waals surface area contributed by atoms with Crippen molar-refractivity contribution >= 4 is 16.9 Å². The molecule has 0 saturated heterocycles. The van der Waals surface area contributed by atoms with Crippen LogP contribution in [0.1, 0.15) is 17.8 Å². The summed E-state index contributed by atoms with van der Waals surface area (Å²) < 4.78 is 7.46. The highest BCUT2D eigenvalue weighted by Crippen LogP contribution is 2.21. The maximum Gasteiger partial charge on any atom is 0.223 e. The van der Waals surface area contributed by atoms with Crippen LogP contribution in [0.3, 0.4) is 0 Å². The third-order valence-corrected chi connectivity index (χ3v) is 4.77. The minimum atomic E-state index is 0.182. The zero-order valence-electron chi connectivity index (χ0n) is 14.3. The van der Waals surface area contributed by atoms with Gasteiger partial charge in [0.05, 0.1) is 24.7 Å². The van der Waals surface area contributed by atoms with Crippen molar-refractivity contribution in [1.29, 1.82) is 0 Å². The van der Waals surface area contributed by atoms with Crippen LogP contribution < -0.4 is 4.74 Å². The number of amides is 1. The molecule has 0 unspecified atom stereocenters. The molecule has 0 saturated carbocycles. The van der Waals surface area contributed by atoms with Crippen molar-refractivity contribution in [3.8, 4) is 5.75 Å². The van der Waals surface area contributed by atoms with Crippen molar-refractivity contribution in [2.24, 2.45) is 0 Å². The number of carbonyl (C=O) groups excluding carboxylic acids is 1. The number of fused-ring (bicyclic) bond motifs is 3. The molecule has 1 aromatic heterocycles.